The predicted molar refractivity (Wildman–Crippen MR) is 110 cm³/mol. The highest BCUT2D eigenvalue weighted by atomic mass is 19.1. The van der Waals surface area contributed by atoms with E-state index in [9.17, 15) is 4.39 Å². The Morgan fingerprint density at radius 3 is 2.80 bits per heavy atom. The van der Waals surface area contributed by atoms with Crippen LogP contribution in [0.1, 0.15) is 0 Å². The molecule has 1 saturated heterocycles. The van der Waals surface area contributed by atoms with Crippen molar-refractivity contribution in [2.45, 2.75) is 0 Å². The van der Waals surface area contributed by atoms with E-state index in [-0.39, 0.29) is 0 Å². The lowest BCUT2D eigenvalue weighted by atomic mass is 10.1. The molecule has 1 aliphatic rings. The van der Waals surface area contributed by atoms with Crippen molar-refractivity contribution in [3.63, 3.8) is 0 Å². The molecule has 5 rings (SSSR count). The number of nitrogens with one attached hydrogen (secondary N) is 1. The summed E-state index contributed by atoms with van der Waals surface area (Å²) in [4.78, 5) is 15.1. The van der Waals surface area contributed by atoms with Crippen molar-refractivity contribution in [2.75, 3.05) is 38.3 Å². The number of nitrogens with zero attached hydrogens (tertiary/aromatic N) is 5. The number of aromatic nitrogens is 5. The number of hydrogen-bond donors (Lipinski definition) is 1. The number of ether oxygens (including phenoxy) is 2. The van der Waals surface area contributed by atoms with E-state index in [1.54, 1.807) is 12.4 Å². The molecule has 1 fully saturated rings. The summed E-state index contributed by atoms with van der Waals surface area (Å²) in [5.74, 6) is 0.744. The highest BCUT2D eigenvalue weighted by Crippen LogP contribution is 2.33. The van der Waals surface area contributed by atoms with Crippen LogP contribution in [0.2, 0.25) is 0 Å². The highest BCUT2D eigenvalue weighted by Gasteiger charge is 2.17. The van der Waals surface area contributed by atoms with Crippen LogP contribution in [-0.2, 0) is 4.74 Å². The molecule has 1 N–H and O–H groups in total. The molecule has 30 heavy (non-hydrogen) atoms. The number of fused-ring (bicyclic) bond motifs is 1. The lowest BCUT2D eigenvalue weighted by molar-refractivity contribution is 0.122. The van der Waals surface area contributed by atoms with Crippen LogP contribution in [0.5, 0.6) is 5.88 Å². The van der Waals surface area contributed by atoms with Crippen LogP contribution in [0.15, 0.2) is 42.9 Å². The van der Waals surface area contributed by atoms with Crippen LogP contribution in [0.4, 0.5) is 10.2 Å². The minimum Gasteiger partial charge on any atom is -0.481 e. The standard InChI is InChI=1S/C21H19FN6O2/c1-29-21-16(9-14(22)11-25-21)17-10-15-18(12-24-17)26-27-20(15)13-2-3-23-19(8-13)28-4-6-30-7-5-28/h2-3,8-12H,4-7H2,1H3,(H,26,27). The Balaban J connectivity index is 1.58. The number of hydrogen-bond acceptors (Lipinski definition) is 7. The molecule has 0 amide bonds. The third kappa shape index (κ3) is 3.33. The molecule has 0 bridgehead atoms. The van der Waals surface area contributed by atoms with Crippen molar-refractivity contribution in [2.24, 2.45) is 0 Å². The van der Waals surface area contributed by atoms with Gasteiger partial charge in [-0.1, -0.05) is 0 Å². The highest BCUT2D eigenvalue weighted by molar-refractivity contribution is 5.95. The van der Waals surface area contributed by atoms with Crippen LogP contribution in [-0.4, -0.2) is 58.6 Å². The van der Waals surface area contributed by atoms with Gasteiger partial charge >= 0.3 is 0 Å². The van der Waals surface area contributed by atoms with Crippen molar-refractivity contribution in [1.82, 2.24) is 25.1 Å². The van der Waals surface area contributed by atoms with Gasteiger partial charge < -0.3 is 14.4 Å². The van der Waals surface area contributed by atoms with Crippen LogP contribution in [0.25, 0.3) is 33.4 Å². The maximum Gasteiger partial charge on any atom is 0.222 e. The average molecular weight is 406 g/mol. The van der Waals surface area contributed by atoms with Gasteiger partial charge in [-0.3, -0.25) is 10.1 Å². The van der Waals surface area contributed by atoms with E-state index >= 15 is 0 Å². The Morgan fingerprint density at radius 2 is 1.97 bits per heavy atom. The number of rotatable bonds is 4. The van der Waals surface area contributed by atoms with E-state index in [0.717, 1.165) is 47.3 Å². The summed E-state index contributed by atoms with van der Waals surface area (Å²) in [6.07, 6.45) is 4.58. The van der Waals surface area contributed by atoms with E-state index in [2.05, 4.69) is 30.0 Å². The first-order valence-corrected chi connectivity index (χ1v) is 9.56. The molecule has 152 valence electrons. The Labute approximate surface area is 171 Å². The normalized spacial score (nSPS) is 14.3. The first-order chi connectivity index (χ1) is 14.7. The van der Waals surface area contributed by atoms with Crippen molar-refractivity contribution < 1.29 is 13.9 Å². The molecule has 1 aliphatic heterocycles. The number of H-pyrrole nitrogens is 1. The summed E-state index contributed by atoms with van der Waals surface area (Å²) in [5.41, 5.74) is 3.52. The fourth-order valence-corrected chi connectivity index (χ4v) is 3.59. The SMILES string of the molecule is COc1ncc(F)cc1-c1cc2c(-c3ccnc(N4CCOCC4)c3)n[nH]c2cn1. The minimum absolute atomic E-state index is 0.312. The molecule has 0 aromatic carbocycles. The molecule has 0 saturated carbocycles. The van der Waals surface area contributed by atoms with E-state index in [0.29, 0.717) is 30.4 Å². The molecular weight excluding hydrogens is 387 g/mol. The molecule has 4 aromatic rings. The number of pyridine rings is 3. The molecule has 8 nitrogen and oxygen atoms in total. The molecule has 0 radical (unpaired) electrons. The van der Waals surface area contributed by atoms with E-state index in [1.165, 1.54) is 13.2 Å². The van der Waals surface area contributed by atoms with Gasteiger partial charge in [-0.2, -0.15) is 5.10 Å². The van der Waals surface area contributed by atoms with Gasteiger partial charge in [0, 0.05) is 30.2 Å². The second-order valence-electron chi connectivity index (χ2n) is 6.90. The second kappa shape index (κ2) is 7.68. The number of anilines is 1. The largest absolute Gasteiger partial charge is 0.481 e. The van der Waals surface area contributed by atoms with Crippen molar-refractivity contribution in [3.05, 3.63) is 48.7 Å². The lowest BCUT2D eigenvalue weighted by Crippen LogP contribution is -2.36. The first kappa shape index (κ1) is 18.4. The predicted octanol–water partition coefficient (Wildman–Crippen LogP) is 3.07. The fraction of sp³-hybridized carbons (Fsp3) is 0.238. The quantitative estimate of drug-likeness (QED) is 0.557. The van der Waals surface area contributed by atoms with Gasteiger partial charge in [0.25, 0.3) is 0 Å². The summed E-state index contributed by atoms with van der Waals surface area (Å²) in [6.45, 7) is 2.99. The topological polar surface area (TPSA) is 89.0 Å². The van der Waals surface area contributed by atoms with Crippen molar-refractivity contribution >= 4 is 16.7 Å². The van der Waals surface area contributed by atoms with Gasteiger partial charge in [0.15, 0.2) is 0 Å². The van der Waals surface area contributed by atoms with Crippen molar-refractivity contribution in [1.29, 1.82) is 0 Å². The Kier molecular flexibility index (Phi) is 4.72. The number of methoxy groups -OCH3 is 1. The average Bonchev–Trinajstić information content (AvgIpc) is 3.23. The number of halogens is 1. The van der Waals surface area contributed by atoms with Crippen LogP contribution >= 0.6 is 0 Å². The van der Waals surface area contributed by atoms with Gasteiger partial charge in [-0.15, -0.1) is 0 Å². The van der Waals surface area contributed by atoms with E-state index in [4.69, 9.17) is 9.47 Å². The summed E-state index contributed by atoms with van der Waals surface area (Å²) in [5, 5.41) is 8.37. The smallest absolute Gasteiger partial charge is 0.222 e. The molecule has 0 atom stereocenters. The van der Waals surface area contributed by atoms with Gasteiger partial charge in [0.2, 0.25) is 5.88 Å². The van der Waals surface area contributed by atoms with Crippen molar-refractivity contribution in [3.8, 4) is 28.4 Å². The zero-order valence-corrected chi connectivity index (χ0v) is 16.3. The second-order valence-corrected chi connectivity index (χ2v) is 6.90. The molecule has 9 heteroatoms. The lowest BCUT2D eigenvalue weighted by Gasteiger charge is -2.27. The zero-order chi connectivity index (χ0) is 20.5. The molecule has 0 aliphatic carbocycles. The number of morpholine rings is 1. The zero-order valence-electron chi connectivity index (χ0n) is 16.3. The van der Waals surface area contributed by atoms with Crippen LogP contribution in [0.3, 0.4) is 0 Å². The maximum absolute atomic E-state index is 13.8. The summed E-state index contributed by atoms with van der Waals surface area (Å²) >= 11 is 0. The molecule has 0 unspecified atom stereocenters. The maximum atomic E-state index is 13.8. The van der Waals surface area contributed by atoms with E-state index < -0.39 is 5.82 Å². The summed E-state index contributed by atoms with van der Waals surface area (Å²) in [6, 6.07) is 7.17. The van der Waals surface area contributed by atoms with Gasteiger partial charge in [0.05, 0.1) is 49.5 Å². The summed E-state index contributed by atoms with van der Waals surface area (Å²) < 4.78 is 24.5. The summed E-state index contributed by atoms with van der Waals surface area (Å²) in [7, 11) is 1.50. The Hall–Kier alpha value is -3.59. The molecule has 5 heterocycles. The van der Waals surface area contributed by atoms with Crippen LogP contribution in [0, 0.1) is 5.82 Å². The fourth-order valence-electron chi connectivity index (χ4n) is 3.59. The Bertz CT molecular complexity index is 1210. The minimum atomic E-state index is -0.454. The third-order valence-electron chi connectivity index (χ3n) is 5.09. The number of aromatic amines is 1. The van der Waals surface area contributed by atoms with Gasteiger partial charge in [-0.05, 0) is 24.3 Å². The third-order valence-corrected chi connectivity index (χ3v) is 5.09. The van der Waals surface area contributed by atoms with Gasteiger partial charge in [-0.25, -0.2) is 14.4 Å². The molecular formula is C21H19FN6O2. The molecule has 0 spiro atoms. The van der Waals surface area contributed by atoms with Crippen LogP contribution < -0.4 is 9.64 Å². The monoisotopic (exact) mass is 406 g/mol. The molecule has 4 aromatic heterocycles. The first-order valence-electron chi connectivity index (χ1n) is 9.56. The van der Waals surface area contributed by atoms with Gasteiger partial charge in [0.1, 0.15) is 17.3 Å². The van der Waals surface area contributed by atoms with E-state index in [1.807, 2.05) is 18.2 Å². The Morgan fingerprint density at radius 1 is 1.10 bits per heavy atom.